The van der Waals surface area contributed by atoms with E-state index < -0.39 is 0 Å². The summed E-state index contributed by atoms with van der Waals surface area (Å²) in [5.74, 6) is 0.125. The molecule has 20 heavy (non-hydrogen) atoms. The molecule has 0 spiro atoms. The molecule has 0 aliphatic carbocycles. The van der Waals surface area contributed by atoms with Crippen LogP contribution in [-0.4, -0.2) is 16.0 Å². The van der Waals surface area contributed by atoms with Crippen molar-refractivity contribution in [3.8, 4) is 0 Å². The molecule has 0 aliphatic heterocycles. The molecule has 1 aromatic carbocycles. The maximum atomic E-state index is 8.81. The van der Waals surface area contributed by atoms with Crippen LogP contribution in [0.4, 0.5) is 0 Å². The molecule has 0 amide bonds. The maximum absolute atomic E-state index is 8.81. The smallest absolute Gasteiger partial charge is 0.170 e. The van der Waals surface area contributed by atoms with Gasteiger partial charge in [-0.05, 0) is 19.4 Å². The average Bonchev–Trinajstić information content (AvgIpc) is 2.91. The summed E-state index contributed by atoms with van der Waals surface area (Å²) in [5, 5.41) is 16.3. The Labute approximate surface area is 122 Å². The molecule has 0 aliphatic rings. The van der Waals surface area contributed by atoms with Crippen LogP contribution in [-0.2, 0) is 6.54 Å². The molecular weight excluding hydrogens is 272 g/mol. The number of aryl methyl sites for hydroxylation is 1. The second-order valence-electron chi connectivity index (χ2n) is 4.55. The molecule has 106 valence electrons. The number of hydrogen-bond donors (Lipinski definition) is 3. The van der Waals surface area contributed by atoms with Crippen LogP contribution >= 0.6 is 11.3 Å². The van der Waals surface area contributed by atoms with Crippen molar-refractivity contribution < 1.29 is 5.21 Å². The molecule has 1 aromatic heterocycles. The lowest BCUT2D eigenvalue weighted by Gasteiger charge is -2.13. The molecule has 0 radical (unpaired) electrons. The van der Waals surface area contributed by atoms with Crippen molar-refractivity contribution in [1.82, 2.24) is 10.3 Å². The number of hydrogen-bond acceptors (Lipinski definition) is 5. The Balaban J connectivity index is 2.08. The van der Waals surface area contributed by atoms with Crippen molar-refractivity contribution in [2.24, 2.45) is 10.9 Å². The normalized spacial score (nSPS) is 13.4. The molecule has 2 aromatic rings. The standard InChI is InChI=1S/C14H18N4OS/c1-9-7-17-14(20-9)10(2)16-8-11-5-3-4-6-12(11)13(15)18-19/h3-7,10,16,19H,8H2,1-2H3,(H2,15,18). The number of oxime groups is 1. The maximum Gasteiger partial charge on any atom is 0.170 e. The van der Waals surface area contributed by atoms with E-state index in [4.69, 9.17) is 10.9 Å². The second-order valence-corrected chi connectivity index (χ2v) is 5.82. The minimum atomic E-state index is 0.125. The van der Waals surface area contributed by atoms with Gasteiger partial charge in [0.2, 0.25) is 0 Å². The predicted octanol–water partition coefficient (Wildman–Crippen LogP) is 2.40. The molecule has 0 saturated carbocycles. The first-order chi connectivity index (χ1) is 9.61. The summed E-state index contributed by atoms with van der Waals surface area (Å²) >= 11 is 1.68. The molecule has 1 atom stereocenters. The Morgan fingerprint density at radius 2 is 2.25 bits per heavy atom. The number of aromatic nitrogens is 1. The van der Waals surface area contributed by atoms with Gasteiger partial charge in [0.05, 0.1) is 6.04 Å². The lowest BCUT2D eigenvalue weighted by molar-refractivity contribution is 0.318. The van der Waals surface area contributed by atoms with Gasteiger partial charge < -0.3 is 16.3 Å². The number of nitrogens with two attached hydrogens (primary N) is 1. The van der Waals surface area contributed by atoms with E-state index in [9.17, 15) is 0 Å². The minimum absolute atomic E-state index is 0.125. The van der Waals surface area contributed by atoms with Crippen LogP contribution in [0.2, 0.25) is 0 Å². The summed E-state index contributed by atoms with van der Waals surface area (Å²) in [6.07, 6.45) is 1.88. The van der Waals surface area contributed by atoms with Gasteiger partial charge in [-0.1, -0.05) is 29.4 Å². The fraction of sp³-hybridized carbons (Fsp3) is 0.286. The van der Waals surface area contributed by atoms with Crippen LogP contribution in [0.5, 0.6) is 0 Å². The van der Waals surface area contributed by atoms with Crippen LogP contribution in [0.25, 0.3) is 0 Å². The van der Waals surface area contributed by atoms with Crippen LogP contribution in [0, 0.1) is 6.92 Å². The van der Waals surface area contributed by atoms with Gasteiger partial charge in [-0.2, -0.15) is 0 Å². The van der Waals surface area contributed by atoms with E-state index in [2.05, 4.69) is 22.4 Å². The fourth-order valence-corrected chi connectivity index (χ4v) is 2.70. The van der Waals surface area contributed by atoms with Crippen molar-refractivity contribution in [1.29, 1.82) is 0 Å². The van der Waals surface area contributed by atoms with Crippen LogP contribution in [0.3, 0.4) is 0 Å². The van der Waals surface area contributed by atoms with E-state index in [0.717, 1.165) is 16.1 Å². The van der Waals surface area contributed by atoms with Gasteiger partial charge in [-0.15, -0.1) is 11.3 Å². The number of benzene rings is 1. The Bertz CT molecular complexity index is 609. The van der Waals surface area contributed by atoms with E-state index in [0.29, 0.717) is 6.54 Å². The van der Waals surface area contributed by atoms with Gasteiger partial charge in [-0.3, -0.25) is 0 Å². The van der Waals surface area contributed by atoms with E-state index in [1.165, 1.54) is 4.88 Å². The van der Waals surface area contributed by atoms with Gasteiger partial charge in [0.1, 0.15) is 5.01 Å². The first-order valence-corrected chi connectivity index (χ1v) is 7.15. The zero-order chi connectivity index (χ0) is 14.5. The summed E-state index contributed by atoms with van der Waals surface area (Å²) in [5.41, 5.74) is 7.41. The summed E-state index contributed by atoms with van der Waals surface area (Å²) in [6, 6.07) is 7.76. The van der Waals surface area contributed by atoms with E-state index in [1.54, 1.807) is 11.3 Å². The molecule has 0 fully saturated rings. The Kier molecular flexibility index (Phi) is 4.70. The summed E-state index contributed by atoms with van der Waals surface area (Å²) in [4.78, 5) is 5.57. The number of thiazole rings is 1. The Morgan fingerprint density at radius 3 is 2.90 bits per heavy atom. The molecule has 1 heterocycles. The predicted molar refractivity (Wildman–Crippen MR) is 81.1 cm³/mol. The molecule has 1 unspecified atom stereocenters. The minimum Gasteiger partial charge on any atom is -0.409 e. The monoisotopic (exact) mass is 290 g/mol. The highest BCUT2D eigenvalue weighted by Crippen LogP contribution is 2.19. The van der Waals surface area contributed by atoms with E-state index in [-0.39, 0.29) is 11.9 Å². The first-order valence-electron chi connectivity index (χ1n) is 6.33. The summed E-state index contributed by atoms with van der Waals surface area (Å²) in [6.45, 7) is 4.75. The Hall–Kier alpha value is -1.92. The average molecular weight is 290 g/mol. The molecule has 2 rings (SSSR count). The first kappa shape index (κ1) is 14.5. The number of nitrogens with one attached hydrogen (secondary N) is 1. The number of rotatable bonds is 5. The molecule has 6 heteroatoms. The number of nitrogens with zero attached hydrogens (tertiary/aromatic N) is 2. The van der Waals surface area contributed by atoms with Gasteiger partial charge in [-0.25, -0.2) is 4.98 Å². The quantitative estimate of drug-likeness (QED) is 0.342. The highest BCUT2D eigenvalue weighted by molar-refractivity contribution is 7.11. The highest BCUT2D eigenvalue weighted by atomic mass is 32.1. The van der Waals surface area contributed by atoms with Crippen LogP contribution in [0.1, 0.15) is 34.0 Å². The van der Waals surface area contributed by atoms with Crippen molar-refractivity contribution >= 4 is 17.2 Å². The van der Waals surface area contributed by atoms with Crippen molar-refractivity contribution in [2.45, 2.75) is 26.4 Å². The van der Waals surface area contributed by atoms with Crippen molar-refractivity contribution in [3.63, 3.8) is 0 Å². The third-order valence-electron chi connectivity index (χ3n) is 3.01. The zero-order valence-corrected chi connectivity index (χ0v) is 12.3. The molecule has 0 saturated heterocycles. The zero-order valence-electron chi connectivity index (χ0n) is 11.5. The fourth-order valence-electron chi connectivity index (χ4n) is 1.90. The van der Waals surface area contributed by atoms with Gasteiger partial charge in [0.15, 0.2) is 5.84 Å². The van der Waals surface area contributed by atoms with Crippen LogP contribution in [0.15, 0.2) is 35.6 Å². The lowest BCUT2D eigenvalue weighted by Crippen LogP contribution is -2.22. The molecule has 0 bridgehead atoms. The van der Waals surface area contributed by atoms with E-state index in [1.807, 2.05) is 37.4 Å². The molecule has 4 N–H and O–H groups in total. The summed E-state index contributed by atoms with van der Waals surface area (Å²) < 4.78 is 0. The third kappa shape index (κ3) is 3.34. The topological polar surface area (TPSA) is 83.5 Å². The largest absolute Gasteiger partial charge is 0.409 e. The second kappa shape index (κ2) is 6.49. The molecule has 5 nitrogen and oxygen atoms in total. The molecular formula is C14H18N4OS. The van der Waals surface area contributed by atoms with Crippen molar-refractivity contribution in [3.05, 3.63) is 51.5 Å². The SMILES string of the molecule is Cc1cnc(C(C)NCc2ccccc2/C(N)=N/O)s1. The highest BCUT2D eigenvalue weighted by Gasteiger charge is 2.11. The van der Waals surface area contributed by atoms with Gasteiger partial charge in [0, 0.05) is 23.2 Å². The van der Waals surface area contributed by atoms with Gasteiger partial charge in [0.25, 0.3) is 0 Å². The lowest BCUT2D eigenvalue weighted by atomic mass is 10.1. The van der Waals surface area contributed by atoms with E-state index >= 15 is 0 Å². The Morgan fingerprint density at radius 1 is 1.50 bits per heavy atom. The third-order valence-corrected chi connectivity index (χ3v) is 4.10. The number of amidine groups is 1. The van der Waals surface area contributed by atoms with Crippen LogP contribution < -0.4 is 11.1 Å². The van der Waals surface area contributed by atoms with Gasteiger partial charge >= 0.3 is 0 Å². The summed E-state index contributed by atoms with van der Waals surface area (Å²) in [7, 11) is 0. The van der Waals surface area contributed by atoms with Crippen molar-refractivity contribution in [2.75, 3.05) is 0 Å².